The molecule has 0 unspecified atom stereocenters. The lowest BCUT2D eigenvalue weighted by molar-refractivity contribution is -0.118. The van der Waals surface area contributed by atoms with E-state index in [1.54, 1.807) is 48.5 Å². The number of rotatable bonds is 10. The van der Waals surface area contributed by atoms with Gasteiger partial charge in [0.15, 0.2) is 6.61 Å². The number of nitrogens with one attached hydrogen (secondary N) is 2. The standard InChI is InChI=1S/C26H27BrN2O4/c1-18(2)13-14-32-24-12-11-19(27)15-23(24)26(31)29-21-8-6-7-20(16-21)28-25(30)17-33-22-9-4-3-5-10-22/h3-12,15-16,18H,13-14,17H2,1-2H3,(H,28,30)(H,29,31). The summed E-state index contributed by atoms with van der Waals surface area (Å²) in [5.41, 5.74) is 1.53. The third kappa shape index (κ3) is 7.95. The highest BCUT2D eigenvalue weighted by atomic mass is 79.9. The molecule has 2 N–H and O–H groups in total. The topological polar surface area (TPSA) is 76.7 Å². The Morgan fingerprint density at radius 2 is 1.61 bits per heavy atom. The van der Waals surface area contributed by atoms with Crippen LogP contribution in [0.25, 0.3) is 0 Å². The van der Waals surface area contributed by atoms with E-state index < -0.39 is 0 Å². The highest BCUT2D eigenvalue weighted by Crippen LogP contribution is 2.25. The van der Waals surface area contributed by atoms with Crippen molar-refractivity contribution in [1.82, 2.24) is 0 Å². The van der Waals surface area contributed by atoms with Crippen LogP contribution in [-0.2, 0) is 4.79 Å². The number of hydrogen-bond donors (Lipinski definition) is 2. The average molecular weight is 511 g/mol. The largest absolute Gasteiger partial charge is 0.493 e. The Labute approximate surface area is 202 Å². The molecular formula is C26H27BrN2O4. The monoisotopic (exact) mass is 510 g/mol. The molecule has 0 aromatic heterocycles. The van der Waals surface area contributed by atoms with Crippen molar-refractivity contribution in [3.05, 3.63) is 82.8 Å². The molecular weight excluding hydrogens is 484 g/mol. The Morgan fingerprint density at radius 1 is 0.879 bits per heavy atom. The van der Waals surface area contributed by atoms with E-state index in [1.807, 2.05) is 24.3 Å². The SMILES string of the molecule is CC(C)CCOc1ccc(Br)cc1C(=O)Nc1cccc(NC(=O)COc2ccccc2)c1. The minimum Gasteiger partial charge on any atom is -0.493 e. The van der Waals surface area contributed by atoms with Gasteiger partial charge in [0.25, 0.3) is 11.8 Å². The molecule has 0 radical (unpaired) electrons. The molecule has 172 valence electrons. The molecule has 3 aromatic rings. The van der Waals surface area contributed by atoms with E-state index in [0.717, 1.165) is 10.9 Å². The van der Waals surface area contributed by atoms with Gasteiger partial charge in [0, 0.05) is 15.8 Å². The molecule has 0 heterocycles. The number of para-hydroxylation sites is 1. The smallest absolute Gasteiger partial charge is 0.262 e. The lowest BCUT2D eigenvalue weighted by Gasteiger charge is -2.14. The van der Waals surface area contributed by atoms with Crippen LogP contribution >= 0.6 is 15.9 Å². The van der Waals surface area contributed by atoms with Gasteiger partial charge in [0.05, 0.1) is 12.2 Å². The number of halogens is 1. The number of benzene rings is 3. The van der Waals surface area contributed by atoms with Gasteiger partial charge < -0.3 is 20.1 Å². The fourth-order valence-electron chi connectivity index (χ4n) is 2.95. The molecule has 0 spiro atoms. The highest BCUT2D eigenvalue weighted by Gasteiger charge is 2.15. The van der Waals surface area contributed by atoms with Gasteiger partial charge in [-0.2, -0.15) is 0 Å². The fraction of sp³-hybridized carbons (Fsp3) is 0.231. The van der Waals surface area contributed by atoms with Crippen molar-refractivity contribution in [2.75, 3.05) is 23.8 Å². The first-order valence-electron chi connectivity index (χ1n) is 10.7. The predicted octanol–water partition coefficient (Wildman–Crippen LogP) is 6.14. The van der Waals surface area contributed by atoms with Crippen molar-refractivity contribution >= 4 is 39.1 Å². The molecule has 3 aromatic carbocycles. The summed E-state index contributed by atoms with van der Waals surface area (Å²) in [7, 11) is 0. The van der Waals surface area contributed by atoms with Crippen molar-refractivity contribution in [3.8, 4) is 11.5 Å². The molecule has 6 nitrogen and oxygen atoms in total. The third-order valence-corrected chi connectivity index (χ3v) is 5.15. The van der Waals surface area contributed by atoms with Crippen molar-refractivity contribution in [2.45, 2.75) is 20.3 Å². The zero-order chi connectivity index (χ0) is 23.6. The van der Waals surface area contributed by atoms with Crippen LogP contribution < -0.4 is 20.1 Å². The molecule has 3 rings (SSSR count). The first-order chi connectivity index (χ1) is 15.9. The summed E-state index contributed by atoms with van der Waals surface area (Å²) in [4.78, 5) is 25.2. The van der Waals surface area contributed by atoms with Gasteiger partial charge in [-0.3, -0.25) is 9.59 Å². The van der Waals surface area contributed by atoms with E-state index in [-0.39, 0.29) is 18.4 Å². The van der Waals surface area contributed by atoms with Crippen molar-refractivity contribution in [1.29, 1.82) is 0 Å². The minimum atomic E-state index is -0.299. The first kappa shape index (κ1) is 24.3. The third-order valence-electron chi connectivity index (χ3n) is 4.66. The van der Waals surface area contributed by atoms with Crippen LogP contribution in [0, 0.1) is 5.92 Å². The number of amides is 2. The van der Waals surface area contributed by atoms with E-state index in [9.17, 15) is 9.59 Å². The Hall–Kier alpha value is -3.32. The van der Waals surface area contributed by atoms with E-state index in [0.29, 0.717) is 41.0 Å². The summed E-state index contributed by atoms with van der Waals surface area (Å²) in [5, 5.41) is 5.65. The maximum absolute atomic E-state index is 13.0. The van der Waals surface area contributed by atoms with Crippen molar-refractivity contribution in [3.63, 3.8) is 0 Å². The number of hydrogen-bond acceptors (Lipinski definition) is 4. The van der Waals surface area contributed by atoms with Crippen LogP contribution in [0.1, 0.15) is 30.6 Å². The lowest BCUT2D eigenvalue weighted by atomic mass is 10.1. The van der Waals surface area contributed by atoms with Gasteiger partial charge in [-0.15, -0.1) is 0 Å². The van der Waals surface area contributed by atoms with Gasteiger partial charge in [0.2, 0.25) is 0 Å². The van der Waals surface area contributed by atoms with Gasteiger partial charge in [-0.1, -0.05) is 54.0 Å². The molecule has 0 bridgehead atoms. The fourth-order valence-corrected chi connectivity index (χ4v) is 3.31. The maximum atomic E-state index is 13.0. The summed E-state index contributed by atoms with van der Waals surface area (Å²) in [6, 6.07) is 21.4. The Morgan fingerprint density at radius 3 is 2.33 bits per heavy atom. The lowest BCUT2D eigenvalue weighted by Crippen LogP contribution is -2.20. The Bertz CT molecular complexity index is 1090. The summed E-state index contributed by atoms with van der Waals surface area (Å²) in [5.74, 6) is 1.06. The molecule has 7 heteroatoms. The van der Waals surface area contributed by atoms with Gasteiger partial charge in [-0.25, -0.2) is 0 Å². The number of anilines is 2. The molecule has 0 saturated carbocycles. The molecule has 0 saturated heterocycles. The van der Waals surface area contributed by atoms with Crippen LogP contribution in [0.4, 0.5) is 11.4 Å². The van der Waals surface area contributed by atoms with E-state index in [4.69, 9.17) is 9.47 Å². The summed E-state index contributed by atoms with van der Waals surface area (Å²) < 4.78 is 12.1. The van der Waals surface area contributed by atoms with Gasteiger partial charge in [-0.05, 0) is 60.9 Å². The summed E-state index contributed by atoms with van der Waals surface area (Å²) >= 11 is 3.42. The second-order valence-electron chi connectivity index (χ2n) is 7.86. The van der Waals surface area contributed by atoms with Crippen molar-refractivity contribution in [2.24, 2.45) is 5.92 Å². The molecule has 33 heavy (non-hydrogen) atoms. The minimum absolute atomic E-state index is 0.115. The van der Waals surface area contributed by atoms with E-state index in [1.165, 1.54) is 0 Å². The van der Waals surface area contributed by atoms with E-state index in [2.05, 4.69) is 40.4 Å². The molecule has 0 aliphatic heterocycles. The number of carbonyl (C=O) groups is 2. The molecule has 0 aliphatic carbocycles. The zero-order valence-electron chi connectivity index (χ0n) is 18.6. The summed E-state index contributed by atoms with van der Waals surface area (Å²) in [6.45, 7) is 4.66. The van der Waals surface area contributed by atoms with Crippen LogP contribution in [0.3, 0.4) is 0 Å². The van der Waals surface area contributed by atoms with Crippen LogP contribution in [0.2, 0.25) is 0 Å². The molecule has 0 fully saturated rings. The summed E-state index contributed by atoms with van der Waals surface area (Å²) in [6.07, 6.45) is 0.896. The number of carbonyl (C=O) groups excluding carboxylic acids is 2. The molecule has 0 atom stereocenters. The molecule has 0 aliphatic rings. The Kier molecular flexibility index (Phi) is 8.89. The van der Waals surface area contributed by atoms with Crippen LogP contribution in [0.5, 0.6) is 11.5 Å². The normalized spacial score (nSPS) is 10.5. The first-order valence-corrected chi connectivity index (χ1v) is 11.5. The van der Waals surface area contributed by atoms with Crippen LogP contribution in [-0.4, -0.2) is 25.0 Å². The molecule has 2 amide bonds. The van der Waals surface area contributed by atoms with Gasteiger partial charge in [0.1, 0.15) is 11.5 Å². The van der Waals surface area contributed by atoms with E-state index >= 15 is 0 Å². The predicted molar refractivity (Wildman–Crippen MR) is 134 cm³/mol. The number of ether oxygens (including phenoxy) is 2. The maximum Gasteiger partial charge on any atom is 0.262 e. The second-order valence-corrected chi connectivity index (χ2v) is 8.77. The Balaban J connectivity index is 1.62. The zero-order valence-corrected chi connectivity index (χ0v) is 20.2. The highest BCUT2D eigenvalue weighted by molar-refractivity contribution is 9.10. The van der Waals surface area contributed by atoms with Gasteiger partial charge >= 0.3 is 0 Å². The van der Waals surface area contributed by atoms with Crippen LogP contribution in [0.15, 0.2) is 77.3 Å². The average Bonchev–Trinajstić information content (AvgIpc) is 2.79. The quantitative estimate of drug-likeness (QED) is 0.343. The van der Waals surface area contributed by atoms with Crippen molar-refractivity contribution < 1.29 is 19.1 Å². The second kappa shape index (κ2) is 12.1.